The van der Waals surface area contributed by atoms with Crippen LogP contribution in [0, 0.1) is 17.8 Å². The largest absolute Gasteiger partial charge is 0.481 e. The number of carboxylic acid groups (broad SMARTS) is 1. The lowest BCUT2D eigenvalue weighted by Gasteiger charge is -2.42. The third kappa shape index (κ3) is 4.01. The molecule has 0 aromatic carbocycles. The molecule has 0 aromatic rings. The maximum atomic E-state index is 14.3. The molecule has 2 amide bonds. The molecule has 4 fully saturated rings. The van der Waals surface area contributed by atoms with Gasteiger partial charge in [0.05, 0.1) is 29.2 Å². The number of nitrogens with zero attached hydrogens (tertiary/aromatic N) is 2. The summed E-state index contributed by atoms with van der Waals surface area (Å²) in [5, 5.41) is 20.2. The monoisotopic (exact) mass is 478 g/mol. The minimum absolute atomic E-state index is 0.0842. The summed E-state index contributed by atoms with van der Waals surface area (Å²) in [6.45, 7) is 8.14. The van der Waals surface area contributed by atoms with Crippen LogP contribution in [0.4, 0.5) is 0 Å². The second-order valence-corrected chi connectivity index (χ2v) is 12.3. The summed E-state index contributed by atoms with van der Waals surface area (Å²) in [4.78, 5) is 44.0. The average molecular weight is 479 g/mol. The number of aliphatic carboxylic acids is 1. The Morgan fingerprint density at radius 1 is 1.27 bits per heavy atom. The molecular weight excluding hydrogens is 440 g/mol. The van der Waals surface area contributed by atoms with E-state index in [1.165, 1.54) is 6.42 Å². The van der Waals surface area contributed by atoms with E-state index in [1.807, 2.05) is 18.7 Å². The second kappa shape index (κ2) is 9.61. The SMILES string of the molecule is C=CCN(C(=O)C1N([C@@H](CO)CC(C)C)C(=O)[C@@H]2[C@@H](C(=O)O)[C@H]3CCC12S3)C1CCCCC1. The molecule has 1 saturated carbocycles. The molecule has 184 valence electrons. The van der Waals surface area contributed by atoms with Crippen LogP contribution in [-0.4, -0.2) is 79.1 Å². The number of aliphatic hydroxyl groups excluding tert-OH is 1. The number of thioether (sulfide) groups is 1. The quantitative estimate of drug-likeness (QED) is 0.495. The molecule has 4 rings (SSSR count). The number of carbonyl (C=O) groups is 3. The van der Waals surface area contributed by atoms with Gasteiger partial charge in [-0.3, -0.25) is 14.4 Å². The average Bonchev–Trinajstić information content (AvgIpc) is 3.43. The Morgan fingerprint density at radius 2 is 1.97 bits per heavy atom. The van der Waals surface area contributed by atoms with E-state index in [0.717, 1.165) is 25.7 Å². The minimum Gasteiger partial charge on any atom is -0.481 e. The molecular formula is C25H38N2O5S. The number of likely N-dealkylation sites (tertiary alicyclic amines) is 1. The number of hydrogen-bond donors (Lipinski definition) is 2. The first-order valence-corrected chi connectivity index (χ1v) is 13.4. The Hall–Kier alpha value is -1.54. The number of hydrogen-bond acceptors (Lipinski definition) is 5. The lowest BCUT2D eigenvalue weighted by atomic mass is 9.71. The highest BCUT2D eigenvalue weighted by molar-refractivity contribution is 8.02. The van der Waals surface area contributed by atoms with Crippen LogP contribution in [0.5, 0.6) is 0 Å². The Kier molecular flexibility index (Phi) is 7.16. The number of aliphatic hydroxyl groups is 1. The van der Waals surface area contributed by atoms with Gasteiger partial charge in [-0.2, -0.15) is 0 Å². The van der Waals surface area contributed by atoms with Crippen molar-refractivity contribution >= 4 is 29.5 Å². The molecule has 2 N–H and O–H groups in total. The third-order valence-corrected chi connectivity index (χ3v) is 10.2. The van der Waals surface area contributed by atoms with E-state index in [0.29, 0.717) is 25.8 Å². The highest BCUT2D eigenvalue weighted by Crippen LogP contribution is 2.66. The van der Waals surface area contributed by atoms with Gasteiger partial charge in [0.25, 0.3) is 0 Å². The molecule has 2 unspecified atom stereocenters. The second-order valence-electron chi connectivity index (χ2n) is 10.7. The fraction of sp³-hybridized carbons (Fsp3) is 0.800. The summed E-state index contributed by atoms with van der Waals surface area (Å²) < 4.78 is -0.722. The van der Waals surface area contributed by atoms with Crippen molar-refractivity contribution in [2.75, 3.05) is 13.2 Å². The Balaban J connectivity index is 1.77. The van der Waals surface area contributed by atoms with Gasteiger partial charge < -0.3 is 20.0 Å². The van der Waals surface area contributed by atoms with Gasteiger partial charge in [0.15, 0.2) is 0 Å². The molecule has 8 heteroatoms. The molecule has 0 aromatic heterocycles. The zero-order valence-electron chi connectivity index (χ0n) is 19.8. The molecule has 2 bridgehead atoms. The van der Waals surface area contributed by atoms with Crippen molar-refractivity contribution in [3.63, 3.8) is 0 Å². The Bertz CT molecular complexity index is 798. The van der Waals surface area contributed by atoms with Crippen molar-refractivity contribution in [1.29, 1.82) is 0 Å². The molecule has 3 aliphatic heterocycles. The summed E-state index contributed by atoms with van der Waals surface area (Å²) in [6, 6.07) is -1.10. The van der Waals surface area contributed by atoms with Gasteiger partial charge in [0, 0.05) is 17.8 Å². The van der Waals surface area contributed by atoms with Crippen molar-refractivity contribution in [3.05, 3.63) is 12.7 Å². The molecule has 33 heavy (non-hydrogen) atoms. The molecule has 7 nitrogen and oxygen atoms in total. The van der Waals surface area contributed by atoms with E-state index in [9.17, 15) is 24.6 Å². The van der Waals surface area contributed by atoms with Gasteiger partial charge in [0.1, 0.15) is 6.04 Å². The van der Waals surface area contributed by atoms with Gasteiger partial charge in [0.2, 0.25) is 11.8 Å². The first-order valence-electron chi connectivity index (χ1n) is 12.5. The topological polar surface area (TPSA) is 98.2 Å². The van der Waals surface area contributed by atoms with Crippen LogP contribution in [0.15, 0.2) is 12.7 Å². The van der Waals surface area contributed by atoms with Gasteiger partial charge in [-0.1, -0.05) is 39.2 Å². The lowest BCUT2D eigenvalue weighted by Crippen LogP contribution is -2.59. The number of amides is 2. The van der Waals surface area contributed by atoms with E-state index in [2.05, 4.69) is 6.58 Å². The lowest BCUT2D eigenvalue weighted by molar-refractivity contribution is -0.150. The highest BCUT2D eigenvalue weighted by Gasteiger charge is 2.74. The van der Waals surface area contributed by atoms with Crippen molar-refractivity contribution in [1.82, 2.24) is 9.80 Å². The van der Waals surface area contributed by atoms with Gasteiger partial charge >= 0.3 is 5.97 Å². The fourth-order valence-electron chi connectivity index (χ4n) is 6.97. The highest BCUT2D eigenvalue weighted by atomic mass is 32.2. The molecule has 4 aliphatic rings. The smallest absolute Gasteiger partial charge is 0.308 e. The minimum atomic E-state index is -0.944. The zero-order valence-corrected chi connectivity index (χ0v) is 20.6. The summed E-state index contributed by atoms with van der Waals surface area (Å²) in [7, 11) is 0. The summed E-state index contributed by atoms with van der Waals surface area (Å²) in [5.74, 6) is -2.52. The van der Waals surface area contributed by atoms with Gasteiger partial charge in [-0.25, -0.2) is 0 Å². The van der Waals surface area contributed by atoms with Crippen molar-refractivity contribution in [3.8, 4) is 0 Å². The number of rotatable bonds is 9. The first-order chi connectivity index (χ1) is 15.8. The van der Waals surface area contributed by atoms with Crippen LogP contribution >= 0.6 is 11.8 Å². The van der Waals surface area contributed by atoms with Crippen LogP contribution in [0.2, 0.25) is 0 Å². The fourth-order valence-corrected chi connectivity index (χ4v) is 9.17. The Labute approximate surface area is 201 Å². The van der Waals surface area contributed by atoms with E-state index >= 15 is 0 Å². The van der Waals surface area contributed by atoms with E-state index in [-0.39, 0.29) is 35.6 Å². The van der Waals surface area contributed by atoms with E-state index < -0.39 is 34.6 Å². The van der Waals surface area contributed by atoms with Crippen LogP contribution in [0.3, 0.4) is 0 Å². The Morgan fingerprint density at radius 3 is 2.55 bits per heavy atom. The van der Waals surface area contributed by atoms with E-state index in [1.54, 1.807) is 22.7 Å². The molecule has 1 spiro atoms. The van der Waals surface area contributed by atoms with E-state index in [4.69, 9.17) is 0 Å². The number of fused-ring (bicyclic) bond motifs is 1. The number of carbonyl (C=O) groups excluding carboxylic acids is 2. The molecule has 1 aliphatic carbocycles. The van der Waals surface area contributed by atoms with Gasteiger partial charge in [-0.05, 0) is 38.0 Å². The predicted octanol–water partition coefficient (Wildman–Crippen LogP) is 2.92. The number of carboxylic acids is 1. The van der Waals surface area contributed by atoms with Crippen LogP contribution in [0.25, 0.3) is 0 Å². The predicted molar refractivity (Wildman–Crippen MR) is 128 cm³/mol. The zero-order chi connectivity index (χ0) is 23.9. The first kappa shape index (κ1) is 24.6. The van der Waals surface area contributed by atoms with Crippen LogP contribution < -0.4 is 0 Å². The summed E-state index contributed by atoms with van der Waals surface area (Å²) >= 11 is 1.56. The summed E-state index contributed by atoms with van der Waals surface area (Å²) in [5.41, 5.74) is 0. The normalized spacial score (nSPS) is 34.5. The van der Waals surface area contributed by atoms with Crippen LogP contribution in [-0.2, 0) is 14.4 Å². The maximum Gasteiger partial charge on any atom is 0.308 e. The van der Waals surface area contributed by atoms with Gasteiger partial charge in [-0.15, -0.1) is 18.3 Å². The standard InChI is InChI=1S/C25H38N2O5S/c1-4-12-26(16-8-6-5-7-9-16)23(30)21-25-11-10-18(33-25)19(24(31)32)20(25)22(29)27(21)17(14-28)13-15(2)3/h4,15-21,28H,1,5-14H2,2-3H3,(H,31,32)/t17-,18-,19+,20+,21?,25?/m1/s1. The van der Waals surface area contributed by atoms with Crippen LogP contribution in [0.1, 0.15) is 65.2 Å². The molecule has 3 heterocycles. The molecule has 0 radical (unpaired) electrons. The molecule has 3 saturated heterocycles. The van der Waals surface area contributed by atoms with Crippen molar-refractivity contribution in [2.24, 2.45) is 17.8 Å². The molecule has 6 atom stereocenters. The van der Waals surface area contributed by atoms with Crippen molar-refractivity contribution in [2.45, 2.75) is 93.3 Å². The van der Waals surface area contributed by atoms with Crippen molar-refractivity contribution < 1.29 is 24.6 Å². The maximum absolute atomic E-state index is 14.3. The third-order valence-electron chi connectivity index (χ3n) is 8.23. The summed E-state index contributed by atoms with van der Waals surface area (Å²) in [6.07, 6.45) is 8.92.